The molecule has 7 heteroatoms. The van der Waals surface area contributed by atoms with Crippen molar-refractivity contribution in [1.82, 2.24) is 20.4 Å². The first-order chi connectivity index (χ1) is 16.1. The zero-order chi connectivity index (χ0) is 22.8. The molecule has 4 aromatic rings. The number of nitrogens with zero attached hydrogens (tertiary/aromatic N) is 2. The van der Waals surface area contributed by atoms with E-state index >= 15 is 0 Å². The molecule has 33 heavy (non-hydrogen) atoms. The highest BCUT2D eigenvalue weighted by molar-refractivity contribution is 5.98. The van der Waals surface area contributed by atoms with Crippen LogP contribution in [0.25, 0.3) is 21.7 Å². The lowest BCUT2D eigenvalue weighted by atomic mass is 10.1. The summed E-state index contributed by atoms with van der Waals surface area (Å²) in [7, 11) is 0. The number of amides is 2. The third kappa shape index (κ3) is 4.35. The fourth-order valence-corrected chi connectivity index (χ4v) is 4.34. The number of rotatable bonds is 3. The molecule has 1 aromatic heterocycles. The molecule has 0 fully saturated rings. The molecule has 5 rings (SSSR count). The molecule has 2 amide bonds. The Kier molecular flexibility index (Phi) is 5.60. The molecule has 2 heterocycles. The van der Waals surface area contributed by atoms with Crippen molar-refractivity contribution in [3.8, 4) is 0 Å². The number of benzene rings is 3. The molecule has 0 radical (unpaired) electrons. The third-order valence-corrected chi connectivity index (χ3v) is 6.07. The van der Waals surface area contributed by atoms with Crippen LogP contribution in [0.3, 0.4) is 0 Å². The van der Waals surface area contributed by atoms with Crippen LogP contribution in [0.2, 0.25) is 0 Å². The monoisotopic (exact) mass is 440 g/mol. The normalized spacial score (nSPS) is 13.3. The Labute approximate surface area is 190 Å². The Morgan fingerprint density at radius 2 is 1.76 bits per heavy atom. The first-order valence-corrected chi connectivity index (χ1v) is 11.2. The van der Waals surface area contributed by atoms with Gasteiger partial charge < -0.3 is 0 Å². The third-order valence-electron chi connectivity index (χ3n) is 6.07. The Bertz CT molecular complexity index is 1440. The molecule has 0 unspecified atom stereocenters. The minimum Gasteiger partial charge on any atom is -0.296 e. The molecule has 1 aliphatic rings. The molecular formula is C26H24N4O3. The van der Waals surface area contributed by atoms with Gasteiger partial charge >= 0.3 is 0 Å². The minimum absolute atomic E-state index is 0.0625. The van der Waals surface area contributed by atoms with E-state index in [1.54, 1.807) is 22.8 Å². The number of fused-ring (bicyclic) bond motifs is 3. The molecule has 0 bridgehead atoms. The summed E-state index contributed by atoms with van der Waals surface area (Å²) in [4.78, 5) is 42.5. The number of carbonyl (C=O) groups excluding carboxylic acids is 2. The maximum atomic E-state index is 12.8. The van der Waals surface area contributed by atoms with Crippen molar-refractivity contribution in [1.29, 1.82) is 0 Å². The summed E-state index contributed by atoms with van der Waals surface area (Å²) in [5, 5.41) is 2.67. The maximum absolute atomic E-state index is 12.8. The molecule has 0 saturated heterocycles. The molecule has 0 atom stereocenters. The van der Waals surface area contributed by atoms with Gasteiger partial charge in [-0.2, -0.15) is 0 Å². The van der Waals surface area contributed by atoms with Gasteiger partial charge in [0.1, 0.15) is 5.82 Å². The number of hydrogen-bond acceptors (Lipinski definition) is 4. The Balaban J connectivity index is 1.28. The van der Waals surface area contributed by atoms with E-state index < -0.39 is 5.91 Å². The van der Waals surface area contributed by atoms with Crippen LogP contribution in [0, 0.1) is 0 Å². The topological polar surface area (TPSA) is 93.1 Å². The van der Waals surface area contributed by atoms with E-state index in [0.29, 0.717) is 23.0 Å². The summed E-state index contributed by atoms with van der Waals surface area (Å²) in [5.41, 5.74) is 6.56. The SMILES string of the molecule is O=C(Cc1ccc2ccccc2c1)NNC(=O)c1ccc2c(=O)n3c(nc2c1)CCCCC3. The van der Waals surface area contributed by atoms with Gasteiger partial charge in [-0.1, -0.05) is 48.9 Å². The molecular weight excluding hydrogens is 416 g/mol. The van der Waals surface area contributed by atoms with Gasteiger partial charge in [0.15, 0.2) is 0 Å². The molecule has 1 aliphatic heterocycles. The standard InChI is InChI=1S/C26H24N4O3/c31-24(15-17-9-10-18-6-3-4-7-19(18)14-17)28-29-25(32)20-11-12-21-22(16-20)27-23-8-2-1-5-13-30(23)26(21)33/h3-4,6-7,9-12,14,16H,1-2,5,8,13,15H2,(H,28,31)(H,29,32). The summed E-state index contributed by atoms with van der Waals surface area (Å²) in [6.07, 6.45) is 3.95. The molecule has 7 nitrogen and oxygen atoms in total. The van der Waals surface area contributed by atoms with Crippen molar-refractivity contribution in [2.24, 2.45) is 0 Å². The molecule has 2 N–H and O–H groups in total. The quantitative estimate of drug-likeness (QED) is 0.478. The lowest BCUT2D eigenvalue weighted by Crippen LogP contribution is -2.42. The first-order valence-electron chi connectivity index (χ1n) is 11.2. The summed E-state index contributed by atoms with van der Waals surface area (Å²) in [5.74, 6) is -0.00652. The second-order valence-corrected chi connectivity index (χ2v) is 8.39. The van der Waals surface area contributed by atoms with Crippen LogP contribution in [-0.2, 0) is 24.2 Å². The number of hydrazine groups is 1. The fraction of sp³-hybridized carbons (Fsp3) is 0.231. The Morgan fingerprint density at radius 1 is 0.909 bits per heavy atom. The number of carbonyl (C=O) groups is 2. The van der Waals surface area contributed by atoms with Crippen molar-refractivity contribution >= 4 is 33.5 Å². The summed E-state index contributed by atoms with van der Waals surface area (Å²) in [6, 6.07) is 18.6. The van der Waals surface area contributed by atoms with Crippen molar-refractivity contribution in [3.05, 3.63) is 88.0 Å². The number of nitrogens with one attached hydrogen (secondary N) is 2. The van der Waals surface area contributed by atoms with Crippen molar-refractivity contribution in [3.63, 3.8) is 0 Å². The summed E-state index contributed by atoms with van der Waals surface area (Å²) in [6.45, 7) is 0.683. The highest BCUT2D eigenvalue weighted by Crippen LogP contribution is 2.17. The van der Waals surface area contributed by atoms with Crippen LogP contribution in [0.1, 0.15) is 41.0 Å². The smallest absolute Gasteiger partial charge is 0.269 e. The van der Waals surface area contributed by atoms with Crippen LogP contribution >= 0.6 is 0 Å². The van der Waals surface area contributed by atoms with Gasteiger partial charge in [-0.05, 0) is 47.4 Å². The van der Waals surface area contributed by atoms with Crippen LogP contribution in [0.15, 0.2) is 65.5 Å². The van der Waals surface area contributed by atoms with Gasteiger partial charge in [0.25, 0.3) is 11.5 Å². The molecule has 0 aliphatic carbocycles. The molecule has 166 valence electrons. The zero-order valence-corrected chi connectivity index (χ0v) is 18.1. The van der Waals surface area contributed by atoms with Gasteiger partial charge in [0.05, 0.1) is 17.3 Å². The zero-order valence-electron chi connectivity index (χ0n) is 18.1. The predicted molar refractivity (Wildman–Crippen MR) is 127 cm³/mol. The van der Waals surface area contributed by atoms with E-state index in [2.05, 4.69) is 15.8 Å². The lowest BCUT2D eigenvalue weighted by molar-refractivity contribution is -0.121. The van der Waals surface area contributed by atoms with Gasteiger partial charge in [0, 0.05) is 18.5 Å². The fourth-order valence-electron chi connectivity index (χ4n) is 4.34. The van der Waals surface area contributed by atoms with Crippen LogP contribution in [-0.4, -0.2) is 21.4 Å². The molecule has 3 aromatic carbocycles. The van der Waals surface area contributed by atoms with Gasteiger partial charge in [-0.15, -0.1) is 0 Å². The van der Waals surface area contributed by atoms with Gasteiger partial charge in [0.2, 0.25) is 5.91 Å². The Morgan fingerprint density at radius 3 is 2.64 bits per heavy atom. The second kappa shape index (κ2) is 8.86. The van der Waals surface area contributed by atoms with Crippen LogP contribution < -0.4 is 16.4 Å². The number of aromatic nitrogens is 2. The van der Waals surface area contributed by atoms with E-state index in [9.17, 15) is 14.4 Å². The highest BCUT2D eigenvalue weighted by atomic mass is 16.2. The van der Waals surface area contributed by atoms with Crippen molar-refractivity contribution in [2.75, 3.05) is 0 Å². The van der Waals surface area contributed by atoms with Gasteiger partial charge in [-0.25, -0.2) is 4.98 Å². The van der Waals surface area contributed by atoms with Crippen LogP contribution in [0.5, 0.6) is 0 Å². The van der Waals surface area contributed by atoms with Crippen molar-refractivity contribution in [2.45, 2.75) is 38.6 Å². The summed E-state index contributed by atoms with van der Waals surface area (Å²) >= 11 is 0. The second-order valence-electron chi connectivity index (χ2n) is 8.39. The maximum Gasteiger partial charge on any atom is 0.269 e. The molecule has 0 saturated carbocycles. The summed E-state index contributed by atoms with van der Waals surface area (Å²) < 4.78 is 1.75. The van der Waals surface area contributed by atoms with E-state index in [1.807, 2.05) is 42.5 Å². The van der Waals surface area contributed by atoms with E-state index in [-0.39, 0.29) is 17.9 Å². The average molecular weight is 441 g/mol. The first kappa shape index (κ1) is 20.9. The number of aryl methyl sites for hydroxylation is 1. The van der Waals surface area contributed by atoms with Crippen molar-refractivity contribution < 1.29 is 9.59 Å². The highest BCUT2D eigenvalue weighted by Gasteiger charge is 2.16. The predicted octanol–water partition coefficient (Wildman–Crippen LogP) is 3.28. The van der Waals surface area contributed by atoms with E-state index in [1.165, 1.54) is 0 Å². The molecule has 0 spiro atoms. The minimum atomic E-state index is -0.458. The van der Waals surface area contributed by atoms with Crippen LogP contribution in [0.4, 0.5) is 0 Å². The Hall–Kier alpha value is -4.00. The van der Waals surface area contributed by atoms with E-state index in [0.717, 1.165) is 47.8 Å². The number of hydrogen-bond donors (Lipinski definition) is 2. The lowest BCUT2D eigenvalue weighted by Gasteiger charge is -2.11. The average Bonchev–Trinajstić information content (AvgIpc) is 3.08. The van der Waals surface area contributed by atoms with Gasteiger partial charge in [-0.3, -0.25) is 29.8 Å². The van der Waals surface area contributed by atoms with E-state index in [4.69, 9.17) is 0 Å². The largest absolute Gasteiger partial charge is 0.296 e.